The first-order chi connectivity index (χ1) is 12.1. The van der Waals surface area contributed by atoms with Crippen molar-refractivity contribution in [1.82, 2.24) is 10.6 Å². The summed E-state index contributed by atoms with van der Waals surface area (Å²) in [6.07, 6.45) is -1.05. The molecule has 0 aliphatic rings. The summed E-state index contributed by atoms with van der Waals surface area (Å²) in [6, 6.07) is 14.0. The third-order valence-corrected chi connectivity index (χ3v) is 4.39. The number of nitrogens with one attached hydrogen (secondary N) is 3. The van der Waals surface area contributed by atoms with Crippen molar-refractivity contribution in [3.8, 4) is 0 Å². The molecule has 2 aromatic carbocycles. The van der Waals surface area contributed by atoms with Crippen LogP contribution in [0.25, 0.3) is 0 Å². The van der Waals surface area contributed by atoms with Gasteiger partial charge in [-0.05, 0) is 55.5 Å². The molecule has 0 unspecified atom stereocenters. The molecule has 4 nitrogen and oxygen atoms in total. The van der Waals surface area contributed by atoms with Gasteiger partial charge in [-0.3, -0.25) is 4.79 Å². The minimum absolute atomic E-state index is 0.174. The first-order valence-electron chi connectivity index (χ1n) is 7.42. The predicted molar refractivity (Wildman–Crippen MR) is 114 cm³/mol. The molecule has 9 heteroatoms. The highest BCUT2D eigenvalue weighted by Crippen LogP contribution is 2.29. The summed E-state index contributed by atoms with van der Waals surface area (Å²) in [7, 11) is 0. The third kappa shape index (κ3) is 6.49. The number of hydrogen-bond donors (Lipinski definition) is 3. The lowest BCUT2D eigenvalue weighted by atomic mass is 10.1. The Balaban J connectivity index is 2.06. The van der Waals surface area contributed by atoms with Crippen molar-refractivity contribution >= 4 is 75.3 Å². The Morgan fingerprint density at radius 3 is 2.31 bits per heavy atom. The van der Waals surface area contributed by atoms with E-state index >= 15 is 0 Å². The van der Waals surface area contributed by atoms with Gasteiger partial charge in [-0.2, -0.15) is 0 Å². The summed E-state index contributed by atoms with van der Waals surface area (Å²) in [4.78, 5) is 12.4. The van der Waals surface area contributed by atoms with E-state index in [1.54, 1.807) is 42.5 Å². The first kappa shape index (κ1) is 21.1. The molecular weight excluding hydrogens is 436 g/mol. The van der Waals surface area contributed by atoms with Crippen LogP contribution in [0.3, 0.4) is 0 Å². The highest BCUT2D eigenvalue weighted by atomic mass is 35.6. The fraction of sp³-hybridized carbons (Fsp3) is 0.176. The van der Waals surface area contributed by atoms with Crippen LogP contribution < -0.4 is 16.0 Å². The highest BCUT2D eigenvalue weighted by Gasteiger charge is 2.34. The normalized spacial score (nSPS) is 12.2. The van der Waals surface area contributed by atoms with Gasteiger partial charge in [0, 0.05) is 16.3 Å². The molecule has 2 rings (SSSR count). The molecule has 138 valence electrons. The highest BCUT2D eigenvalue weighted by molar-refractivity contribution is 7.80. The number of benzene rings is 2. The zero-order chi connectivity index (χ0) is 19.3. The summed E-state index contributed by atoms with van der Waals surface area (Å²) in [6.45, 7) is 1.88. The Bertz CT molecular complexity index is 793. The average Bonchev–Trinajstić information content (AvgIpc) is 2.55. The molecular formula is C17H15Cl4N3OS. The molecule has 3 N–H and O–H groups in total. The maximum absolute atomic E-state index is 12.4. The van der Waals surface area contributed by atoms with Gasteiger partial charge in [0.2, 0.25) is 3.79 Å². The van der Waals surface area contributed by atoms with Gasteiger partial charge in [-0.1, -0.05) is 64.1 Å². The second-order valence-corrected chi connectivity index (χ2v) is 8.64. The average molecular weight is 451 g/mol. The molecule has 1 amide bonds. The lowest BCUT2D eigenvalue weighted by Gasteiger charge is -2.27. The quantitative estimate of drug-likeness (QED) is 0.346. The Hall–Kier alpha value is -1.24. The minimum atomic E-state index is -1.83. The number of carbonyl (C=O) groups excluding carboxylic acids is 1. The maximum atomic E-state index is 12.4. The fourth-order valence-corrected chi connectivity index (χ4v) is 2.72. The fourth-order valence-electron chi connectivity index (χ4n) is 2.03. The van der Waals surface area contributed by atoms with E-state index in [1.807, 2.05) is 13.0 Å². The lowest BCUT2D eigenvalue weighted by molar-refractivity contribution is 0.0934. The molecule has 0 aromatic heterocycles. The molecule has 2 aromatic rings. The summed E-state index contributed by atoms with van der Waals surface area (Å²) in [5.41, 5.74) is 2.08. The number of carbonyl (C=O) groups is 1. The van der Waals surface area contributed by atoms with Crippen LogP contribution in [-0.2, 0) is 0 Å². The number of amides is 1. The second kappa shape index (κ2) is 9.11. The van der Waals surface area contributed by atoms with E-state index in [1.165, 1.54) is 0 Å². The van der Waals surface area contributed by atoms with E-state index < -0.39 is 15.9 Å². The summed E-state index contributed by atoms with van der Waals surface area (Å²) < 4.78 is -1.83. The van der Waals surface area contributed by atoms with Crippen molar-refractivity contribution in [2.75, 3.05) is 5.32 Å². The first-order valence-corrected chi connectivity index (χ1v) is 9.34. The molecule has 0 fully saturated rings. The number of halogens is 4. The van der Waals surface area contributed by atoms with E-state index in [0.717, 1.165) is 5.56 Å². The number of aryl methyl sites for hydroxylation is 1. The van der Waals surface area contributed by atoms with Crippen LogP contribution in [0, 0.1) is 6.92 Å². The van der Waals surface area contributed by atoms with Crippen LogP contribution in [-0.4, -0.2) is 21.0 Å². The van der Waals surface area contributed by atoms with Crippen LogP contribution in [0.5, 0.6) is 0 Å². The summed E-state index contributed by atoms with van der Waals surface area (Å²) in [5, 5.41) is 9.13. The van der Waals surface area contributed by atoms with Gasteiger partial charge in [-0.25, -0.2) is 0 Å². The molecule has 0 bridgehead atoms. The largest absolute Gasteiger partial charge is 0.339 e. The Kier molecular flexibility index (Phi) is 7.38. The van der Waals surface area contributed by atoms with Crippen molar-refractivity contribution in [3.63, 3.8) is 0 Å². The van der Waals surface area contributed by atoms with Crippen LogP contribution in [0.15, 0.2) is 48.5 Å². The van der Waals surface area contributed by atoms with Crippen LogP contribution >= 0.6 is 58.6 Å². The van der Waals surface area contributed by atoms with Crippen molar-refractivity contribution in [2.45, 2.75) is 16.9 Å². The van der Waals surface area contributed by atoms with Gasteiger partial charge in [0.25, 0.3) is 5.91 Å². The van der Waals surface area contributed by atoms with Gasteiger partial charge in [0.05, 0.1) is 0 Å². The van der Waals surface area contributed by atoms with Gasteiger partial charge >= 0.3 is 0 Å². The molecule has 0 aliphatic carbocycles. The minimum Gasteiger partial charge on any atom is -0.339 e. The molecule has 0 aliphatic heterocycles. The smallest absolute Gasteiger partial charge is 0.252 e. The molecule has 0 spiro atoms. The Morgan fingerprint density at radius 2 is 1.73 bits per heavy atom. The van der Waals surface area contributed by atoms with Crippen molar-refractivity contribution in [3.05, 3.63) is 64.7 Å². The SMILES string of the molecule is Cc1cccc(C(=O)N[C@@H](NC(=S)Nc2ccc(Cl)cc2)C(Cl)(Cl)Cl)c1. The standard InChI is InChI=1S/C17H15Cl4N3OS/c1-10-3-2-4-11(9-10)14(25)23-15(17(19,20)21)24-16(26)22-13-7-5-12(18)6-8-13/h2-9,15H,1H3,(H,23,25)(H2,22,24,26)/t15-/m0/s1. The molecule has 1 atom stereocenters. The Morgan fingerprint density at radius 1 is 1.08 bits per heavy atom. The monoisotopic (exact) mass is 449 g/mol. The number of rotatable bonds is 4. The number of hydrogen-bond acceptors (Lipinski definition) is 2. The number of alkyl halides is 3. The zero-order valence-corrected chi connectivity index (χ0v) is 17.4. The molecule has 0 radical (unpaired) electrons. The summed E-state index contributed by atoms with van der Waals surface area (Å²) in [5.74, 6) is -0.396. The van der Waals surface area contributed by atoms with Gasteiger partial charge in [0.1, 0.15) is 6.17 Å². The summed E-state index contributed by atoms with van der Waals surface area (Å²) >= 11 is 29.0. The molecule has 0 saturated heterocycles. The van der Waals surface area contributed by atoms with Crippen molar-refractivity contribution in [2.24, 2.45) is 0 Å². The van der Waals surface area contributed by atoms with Gasteiger partial charge in [0.15, 0.2) is 5.11 Å². The molecule has 0 heterocycles. The van der Waals surface area contributed by atoms with E-state index in [0.29, 0.717) is 16.3 Å². The van der Waals surface area contributed by atoms with E-state index in [4.69, 9.17) is 58.6 Å². The van der Waals surface area contributed by atoms with Crippen molar-refractivity contribution in [1.29, 1.82) is 0 Å². The van der Waals surface area contributed by atoms with E-state index in [9.17, 15) is 4.79 Å². The van der Waals surface area contributed by atoms with Crippen LogP contribution in [0.4, 0.5) is 5.69 Å². The van der Waals surface area contributed by atoms with Gasteiger partial charge in [-0.15, -0.1) is 0 Å². The number of thiocarbonyl (C=S) groups is 1. The third-order valence-electron chi connectivity index (χ3n) is 3.26. The maximum Gasteiger partial charge on any atom is 0.252 e. The molecule has 0 saturated carbocycles. The zero-order valence-electron chi connectivity index (χ0n) is 13.5. The lowest BCUT2D eigenvalue weighted by Crippen LogP contribution is -2.56. The number of anilines is 1. The molecule has 26 heavy (non-hydrogen) atoms. The topological polar surface area (TPSA) is 53.2 Å². The van der Waals surface area contributed by atoms with Gasteiger partial charge < -0.3 is 16.0 Å². The predicted octanol–water partition coefficient (Wildman–Crippen LogP) is 5.06. The van der Waals surface area contributed by atoms with Crippen molar-refractivity contribution < 1.29 is 4.79 Å². The Labute approximate surface area is 177 Å². The second-order valence-electron chi connectivity index (χ2n) is 5.42. The van der Waals surface area contributed by atoms with E-state index in [2.05, 4.69) is 16.0 Å². The van der Waals surface area contributed by atoms with Crippen LogP contribution in [0.1, 0.15) is 15.9 Å². The van der Waals surface area contributed by atoms with Crippen LogP contribution in [0.2, 0.25) is 5.02 Å². The van der Waals surface area contributed by atoms with E-state index in [-0.39, 0.29) is 5.11 Å².